The molecule has 0 aromatic rings. The number of aliphatic hydroxyl groups excluding tert-OH is 1. The normalized spacial score (nSPS) is 21.3. The van der Waals surface area contributed by atoms with Crippen LogP contribution in [-0.4, -0.2) is 58.9 Å². The molecule has 0 unspecified atom stereocenters. The van der Waals surface area contributed by atoms with Gasteiger partial charge in [-0.25, -0.2) is 0 Å². The molecule has 0 aromatic heterocycles. The quantitative estimate of drug-likeness (QED) is 0.714. The highest BCUT2D eigenvalue weighted by atomic mass is 16.3. The number of carbonyl (C=O) groups excluding carboxylic acids is 3. The largest absolute Gasteiger partial charge is 0.396 e. The van der Waals surface area contributed by atoms with Crippen molar-refractivity contribution in [2.45, 2.75) is 32.1 Å². The maximum atomic E-state index is 12.0. The third-order valence-corrected chi connectivity index (χ3v) is 3.93. The zero-order chi connectivity index (χ0) is 13.8. The SMILES string of the molecule is O=C(CCN1C(=O)CCC1=O)N1CCC(CO)CC1. The lowest BCUT2D eigenvalue weighted by Gasteiger charge is -2.31. The maximum absolute atomic E-state index is 12.0. The van der Waals surface area contributed by atoms with E-state index in [4.69, 9.17) is 5.11 Å². The molecule has 2 fully saturated rings. The number of imide groups is 1. The minimum atomic E-state index is -0.170. The van der Waals surface area contributed by atoms with E-state index < -0.39 is 0 Å². The Morgan fingerprint density at radius 3 is 2.26 bits per heavy atom. The Balaban J connectivity index is 1.76. The Hall–Kier alpha value is -1.43. The lowest BCUT2D eigenvalue weighted by Crippen LogP contribution is -2.41. The van der Waals surface area contributed by atoms with E-state index in [1.54, 1.807) is 4.90 Å². The van der Waals surface area contributed by atoms with Gasteiger partial charge in [-0.3, -0.25) is 19.3 Å². The number of likely N-dealkylation sites (tertiary alicyclic amines) is 2. The van der Waals surface area contributed by atoms with Gasteiger partial charge < -0.3 is 10.0 Å². The fraction of sp³-hybridized carbons (Fsp3) is 0.769. The molecule has 2 heterocycles. The molecule has 2 rings (SSSR count). The summed E-state index contributed by atoms with van der Waals surface area (Å²) in [6.07, 6.45) is 2.40. The third-order valence-electron chi connectivity index (χ3n) is 3.93. The summed E-state index contributed by atoms with van der Waals surface area (Å²) in [6.45, 7) is 1.70. The van der Waals surface area contributed by atoms with Gasteiger partial charge >= 0.3 is 0 Å². The Bertz CT molecular complexity index is 359. The number of hydrogen-bond donors (Lipinski definition) is 1. The van der Waals surface area contributed by atoms with Crippen molar-refractivity contribution in [3.8, 4) is 0 Å². The molecule has 2 saturated heterocycles. The van der Waals surface area contributed by atoms with Gasteiger partial charge in [-0.15, -0.1) is 0 Å². The van der Waals surface area contributed by atoms with Crippen molar-refractivity contribution in [2.24, 2.45) is 5.92 Å². The first-order valence-corrected chi connectivity index (χ1v) is 6.83. The molecule has 19 heavy (non-hydrogen) atoms. The molecule has 2 aliphatic rings. The summed E-state index contributed by atoms with van der Waals surface area (Å²) < 4.78 is 0. The van der Waals surface area contributed by atoms with Crippen LogP contribution >= 0.6 is 0 Å². The average Bonchev–Trinajstić information content (AvgIpc) is 2.75. The predicted octanol–water partition coefficient (Wildman–Crippen LogP) is -0.244. The van der Waals surface area contributed by atoms with Gasteiger partial charge in [-0.1, -0.05) is 0 Å². The van der Waals surface area contributed by atoms with Gasteiger partial charge in [0.25, 0.3) is 0 Å². The monoisotopic (exact) mass is 268 g/mol. The van der Waals surface area contributed by atoms with Gasteiger partial charge in [0.15, 0.2) is 0 Å². The van der Waals surface area contributed by atoms with Crippen molar-refractivity contribution < 1.29 is 19.5 Å². The van der Waals surface area contributed by atoms with Crippen LogP contribution < -0.4 is 0 Å². The molecular weight excluding hydrogens is 248 g/mol. The lowest BCUT2D eigenvalue weighted by atomic mass is 9.98. The number of carbonyl (C=O) groups is 3. The molecule has 0 aromatic carbocycles. The standard InChI is InChI=1S/C13H20N2O4/c16-9-10-3-6-14(7-4-10)11(17)5-8-15-12(18)1-2-13(15)19/h10,16H,1-9H2. The second-order valence-corrected chi connectivity index (χ2v) is 5.20. The van der Waals surface area contributed by atoms with Crippen LogP contribution in [0.1, 0.15) is 32.1 Å². The van der Waals surface area contributed by atoms with Crippen molar-refractivity contribution in [1.29, 1.82) is 0 Å². The second-order valence-electron chi connectivity index (χ2n) is 5.20. The molecule has 0 saturated carbocycles. The summed E-state index contributed by atoms with van der Waals surface area (Å²) in [7, 11) is 0. The molecule has 3 amide bonds. The highest BCUT2D eigenvalue weighted by Crippen LogP contribution is 2.18. The number of piperidine rings is 1. The minimum absolute atomic E-state index is 0.0103. The lowest BCUT2D eigenvalue weighted by molar-refractivity contribution is -0.139. The Labute approximate surface area is 112 Å². The topological polar surface area (TPSA) is 77.9 Å². The van der Waals surface area contributed by atoms with Crippen LogP contribution in [0.25, 0.3) is 0 Å². The van der Waals surface area contributed by atoms with Crippen molar-refractivity contribution in [1.82, 2.24) is 9.80 Å². The number of hydrogen-bond acceptors (Lipinski definition) is 4. The van der Waals surface area contributed by atoms with Gasteiger partial charge in [0, 0.05) is 45.5 Å². The highest BCUT2D eigenvalue weighted by Gasteiger charge is 2.30. The molecule has 6 heteroatoms. The fourth-order valence-electron chi connectivity index (χ4n) is 2.60. The molecule has 1 N–H and O–H groups in total. The van der Waals surface area contributed by atoms with Gasteiger partial charge in [-0.05, 0) is 18.8 Å². The maximum Gasteiger partial charge on any atom is 0.229 e. The van der Waals surface area contributed by atoms with Crippen molar-refractivity contribution in [2.75, 3.05) is 26.2 Å². The van der Waals surface area contributed by atoms with Crippen LogP contribution in [0.5, 0.6) is 0 Å². The molecule has 0 radical (unpaired) electrons. The predicted molar refractivity (Wildman–Crippen MR) is 67.0 cm³/mol. The summed E-state index contributed by atoms with van der Waals surface area (Å²) in [5.41, 5.74) is 0. The number of rotatable bonds is 4. The first kappa shape index (κ1) is 14.0. The van der Waals surface area contributed by atoms with Crippen LogP contribution in [0, 0.1) is 5.92 Å². The van der Waals surface area contributed by atoms with E-state index in [1.807, 2.05) is 0 Å². The molecular formula is C13H20N2O4. The third kappa shape index (κ3) is 3.32. The van der Waals surface area contributed by atoms with Crippen molar-refractivity contribution >= 4 is 17.7 Å². The van der Waals surface area contributed by atoms with Gasteiger partial charge in [0.1, 0.15) is 0 Å². The smallest absolute Gasteiger partial charge is 0.229 e. The van der Waals surface area contributed by atoms with E-state index >= 15 is 0 Å². The van der Waals surface area contributed by atoms with E-state index in [0.717, 1.165) is 12.8 Å². The molecule has 6 nitrogen and oxygen atoms in total. The van der Waals surface area contributed by atoms with Crippen molar-refractivity contribution in [3.63, 3.8) is 0 Å². The van der Waals surface area contributed by atoms with E-state index in [2.05, 4.69) is 0 Å². The summed E-state index contributed by atoms with van der Waals surface area (Å²) >= 11 is 0. The van der Waals surface area contributed by atoms with Crippen LogP contribution in [0.3, 0.4) is 0 Å². The Morgan fingerprint density at radius 2 is 1.74 bits per heavy atom. The van der Waals surface area contributed by atoms with Crippen LogP contribution in [0.15, 0.2) is 0 Å². The summed E-state index contributed by atoms with van der Waals surface area (Å²) in [4.78, 5) is 37.7. The summed E-state index contributed by atoms with van der Waals surface area (Å²) in [5.74, 6) is -0.0525. The highest BCUT2D eigenvalue weighted by molar-refractivity contribution is 6.02. The van der Waals surface area contributed by atoms with E-state index in [-0.39, 0.29) is 50.1 Å². The molecule has 0 spiro atoms. The Kier molecular flexibility index (Phi) is 4.52. The minimum Gasteiger partial charge on any atom is -0.396 e. The molecule has 0 bridgehead atoms. The second kappa shape index (κ2) is 6.14. The molecule has 0 aliphatic carbocycles. The summed E-state index contributed by atoms with van der Waals surface area (Å²) in [5, 5.41) is 9.04. The molecule has 106 valence electrons. The first-order valence-electron chi connectivity index (χ1n) is 6.83. The molecule has 2 aliphatic heterocycles. The van der Waals surface area contributed by atoms with Gasteiger partial charge in [-0.2, -0.15) is 0 Å². The van der Waals surface area contributed by atoms with E-state index in [0.29, 0.717) is 19.0 Å². The van der Waals surface area contributed by atoms with Crippen LogP contribution in [-0.2, 0) is 14.4 Å². The van der Waals surface area contributed by atoms with Gasteiger partial charge in [0.05, 0.1) is 0 Å². The number of aliphatic hydroxyl groups is 1. The first-order chi connectivity index (χ1) is 9.11. The zero-order valence-corrected chi connectivity index (χ0v) is 11.0. The van der Waals surface area contributed by atoms with Crippen molar-refractivity contribution in [3.05, 3.63) is 0 Å². The van der Waals surface area contributed by atoms with E-state index in [9.17, 15) is 14.4 Å². The fourth-order valence-corrected chi connectivity index (χ4v) is 2.60. The molecule has 0 atom stereocenters. The summed E-state index contributed by atoms with van der Waals surface area (Å²) in [6, 6.07) is 0. The zero-order valence-electron chi connectivity index (χ0n) is 11.0. The average molecular weight is 268 g/mol. The Morgan fingerprint density at radius 1 is 1.16 bits per heavy atom. The van der Waals surface area contributed by atoms with Gasteiger partial charge in [0.2, 0.25) is 17.7 Å². The number of nitrogens with zero attached hydrogens (tertiary/aromatic N) is 2. The van der Waals surface area contributed by atoms with Crippen LogP contribution in [0.4, 0.5) is 0 Å². The number of amides is 3. The van der Waals surface area contributed by atoms with E-state index in [1.165, 1.54) is 4.90 Å². The van der Waals surface area contributed by atoms with Crippen LogP contribution in [0.2, 0.25) is 0 Å².